The lowest BCUT2D eigenvalue weighted by atomic mass is 10.0. The molecular weight excluding hydrogens is 230 g/mol. The summed E-state index contributed by atoms with van der Waals surface area (Å²) in [4.78, 5) is 23.2. The molecular formula is C14H19NO3. The fraction of sp³-hybridized carbons (Fsp3) is 0.429. The summed E-state index contributed by atoms with van der Waals surface area (Å²) >= 11 is 0. The van der Waals surface area contributed by atoms with Crippen molar-refractivity contribution in [1.82, 2.24) is 5.32 Å². The molecule has 0 aliphatic carbocycles. The maximum absolute atomic E-state index is 11.7. The number of rotatable bonds is 3. The van der Waals surface area contributed by atoms with Gasteiger partial charge in [0.05, 0.1) is 0 Å². The van der Waals surface area contributed by atoms with Gasteiger partial charge in [0, 0.05) is 0 Å². The van der Waals surface area contributed by atoms with Gasteiger partial charge in [-0.2, -0.15) is 0 Å². The van der Waals surface area contributed by atoms with Crippen molar-refractivity contribution in [3.05, 3.63) is 35.9 Å². The van der Waals surface area contributed by atoms with Gasteiger partial charge in [0.1, 0.15) is 11.6 Å². The molecule has 0 radical (unpaired) electrons. The van der Waals surface area contributed by atoms with Gasteiger partial charge in [0.2, 0.25) is 0 Å². The first-order chi connectivity index (χ1) is 8.29. The minimum Gasteiger partial charge on any atom is -0.444 e. The number of alkyl carbamates (subject to hydrolysis) is 1. The van der Waals surface area contributed by atoms with Crippen LogP contribution < -0.4 is 5.32 Å². The summed E-state index contributed by atoms with van der Waals surface area (Å²) in [6.07, 6.45) is -0.591. The molecule has 0 saturated carbocycles. The molecule has 0 unspecified atom stereocenters. The molecule has 1 amide bonds. The lowest BCUT2D eigenvalue weighted by Gasteiger charge is -2.22. The van der Waals surface area contributed by atoms with Gasteiger partial charge in [-0.1, -0.05) is 30.3 Å². The molecule has 1 aromatic carbocycles. The Morgan fingerprint density at radius 1 is 1.17 bits per heavy atom. The van der Waals surface area contributed by atoms with E-state index in [1.807, 2.05) is 18.2 Å². The Balaban J connectivity index is 2.77. The van der Waals surface area contributed by atoms with Crippen molar-refractivity contribution < 1.29 is 14.3 Å². The van der Waals surface area contributed by atoms with Gasteiger partial charge in [-0.05, 0) is 33.3 Å². The van der Waals surface area contributed by atoms with Gasteiger partial charge in [-0.25, -0.2) is 4.79 Å². The van der Waals surface area contributed by atoms with Crippen LogP contribution in [0.15, 0.2) is 30.3 Å². The molecule has 0 heterocycles. The summed E-state index contributed by atoms with van der Waals surface area (Å²) in [6, 6.07) is 8.42. The molecule has 98 valence electrons. The van der Waals surface area contributed by atoms with E-state index >= 15 is 0 Å². The van der Waals surface area contributed by atoms with Crippen molar-refractivity contribution in [2.45, 2.75) is 39.3 Å². The molecule has 0 aliphatic heterocycles. The van der Waals surface area contributed by atoms with Crippen LogP contribution in [0.4, 0.5) is 4.79 Å². The van der Waals surface area contributed by atoms with Crippen molar-refractivity contribution in [2.24, 2.45) is 0 Å². The second-order valence-corrected chi connectivity index (χ2v) is 5.10. The molecule has 0 aliphatic rings. The van der Waals surface area contributed by atoms with Crippen molar-refractivity contribution in [3.8, 4) is 0 Å². The van der Waals surface area contributed by atoms with Crippen molar-refractivity contribution in [2.75, 3.05) is 0 Å². The molecule has 1 aromatic rings. The number of nitrogens with one attached hydrogen (secondary N) is 1. The van der Waals surface area contributed by atoms with E-state index in [0.717, 1.165) is 5.56 Å². The lowest BCUT2D eigenvalue weighted by Crippen LogP contribution is -2.37. The van der Waals surface area contributed by atoms with Crippen LogP contribution in [-0.2, 0) is 9.53 Å². The largest absolute Gasteiger partial charge is 0.444 e. The molecule has 0 fully saturated rings. The minimum atomic E-state index is -0.666. The summed E-state index contributed by atoms with van der Waals surface area (Å²) in [5, 5.41) is 2.58. The van der Waals surface area contributed by atoms with Crippen LogP contribution in [-0.4, -0.2) is 17.5 Å². The predicted molar refractivity (Wildman–Crippen MR) is 69.2 cm³/mol. The minimum absolute atomic E-state index is 0.132. The van der Waals surface area contributed by atoms with Crippen LogP contribution in [0.2, 0.25) is 0 Å². The molecule has 1 rings (SSSR count). The molecule has 0 spiro atoms. The van der Waals surface area contributed by atoms with Crippen LogP contribution in [0.25, 0.3) is 0 Å². The first-order valence-electron chi connectivity index (χ1n) is 5.84. The van der Waals surface area contributed by atoms with Crippen molar-refractivity contribution >= 4 is 11.9 Å². The van der Waals surface area contributed by atoms with Gasteiger partial charge >= 0.3 is 6.09 Å². The molecule has 0 bridgehead atoms. The van der Waals surface area contributed by atoms with Gasteiger partial charge in [0.15, 0.2) is 5.78 Å². The van der Waals surface area contributed by atoms with E-state index < -0.39 is 17.7 Å². The first kappa shape index (κ1) is 14.2. The summed E-state index contributed by atoms with van der Waals surface area (Å²) in [7, 11) is 0. The van der Waals surface area contributed by atoms with E-state index in [1.54, 1.807) is 32.9 Å². The maximum atomic E-state index is 11.7. The molecule has 0 aromatic heterocycles. The zero-order valence-corrected chi connectivity index (χ0v) is 11.2. The van der Waals surface area contributed by atoms with E-state index in [1.165, 1.54) is 6.92 Å². The lowest BCUT2D eigenvalue weighted by molar-refractivity contribution is -0.119. The molecule has 1 N–H and O–H groups in total. The number of benzene rings is 1. The normalized spacial score (nSPS) is 12.7. The average Bonchev–Trinajstić information content (AvgIpc) is 2.24. The summed E-state index contributed by atoms with van der Waals surface area (Å²) in [6.45, 7) is 6.77. The van der Waals surface area contributed by atoms with Gasteiger partial charge in [0.25, 0.3) is 0 Å². The maximum Gasteiger partial charge on any atom is 0.408 e. The Bertz CT molecular complexity index is 420. The summed E-state index contributed by atoms with van der Waals surface area (Å²) in [5.74, 6) is -0.132. The molecule has 1 atom stereocenters. The number of carbonyl (C=O) groups is 2. The van der Waals surface area contributed by atoms with Crippen LogP contribution in [0, 0.1) is 0 Å². The number of hydrogen-bond donors (Lipinski definition) is 1. The summed E-state index contributed by atoms with van der Waals surface area (Å²) < 4.78 is 5.14. The van der Waals surface area contributed by atoms with Crippen LogP contribution in [0.5, 0.6) is 0 Å². The summed E-state index contributed by atoms with van der Waals surface area (Å²) in [5.41, 5.74) is 0.165. The number of Topliss-reactive ketones (excluding diaryl/α,β-unsaturated/α-hetero) is 1. The van der Waals surface area contributed by atoms with E-state index in [9.17, 15) is 9.59 Å². The topological polar surface area (TPSA) is 55.4 Å². The van der Waals surface area contributed by atoms with E-state index in [0.29, 0.717) is 0 Å². The van der Waals surface area contributed by atoms with Crippen LogP contribution in [0.3, 0.4) is 0 Å². The number of ether oxygens (including phenoxy) is 1. The molecule has 18 heavy (non-hydrogen) atoms. The quantitative estimate of drug-likeness (QED) is 0.896. The van der Waals surface area contributed by atoms with E-state index in [4.69, 9.17) is 4.74 Å². The third kappa shape index (κ3) is 4.57. The number of carbonyl (C=O) groups excluding carboxylic acids is 2. The second-order valence-electron chi connectivity index (χ2n) is 5.10. The molecule has 0 saturated heterocycles. The number of amides is 1. The fourth-order valence-corrected chi connectivity index (χ4v) is 1.49. The predicted octanol–water partition coefficient (Wildman–Crippen LogP) is 2.84. The standard InChI is InChI=1S/C14H19NO3/c1-10(16)12(11-8-6-5-7-9-11)15-13(17)18-14(2,3)4/h5-9,12H,1-4H3,(H,15,17)/t12-/m0/s1. The van der Waals surface area contributed by atoms with Gasteiger partial charge in [-0.3, -0.25) is 4.79 Å². The van der Waals surface area contributed by atoms with Gasteiger partial charge in [-0.15, -0.1) is 0 Å². The monoisotopic (exact) mass is 249 g/mol. The third-order valence-corrected chi connectivity index (χ3v) is 2.20. The van der Waals surface area contributed by atoms with Gasteiger partial charge < -0.3 is 10.1 Å². The molecule has 4 heteroatoms. The average molecular weight is 249 g/mol. The SMILES string of the molecule is CC(=O)[C@H](NC(=O)OC(C)(C)C)c1ccccc1. The van der Waals surface area contributed by atoms with Crippen LogP contribution >= 0.6 is 0 Å². The highest BCUT2D eigenvalue weighted by atomic mass is 16.6. The van der Waals surface area contributed by atoms with Crippen LogP contribution in [0.1, 0.15) is 39.3 Å². The Labute approximate surface area is 107 Å². The Kier molecular flexibility index (Phi) is 4.48. The zero-order valence-electron chi connectivity index (χ0n) is 11.2. The smallest absolute Gasteiger partial charge is 0.408 e. The highest BCUT2D eigenvalue weighted by molar-refractivity contribution is 5.86. The molecule has 4 nitrogen and oxygen atoms in total. The Morgan fingerprint density at radius 3 is 2.17 bits per heavy atom. The zero-order chi connectivity index (χ0) is 13.8. The van der Waals surface area contributed by atoms with Crippen molar-refractivity contribution in [1.29, 1.82) is 0 Å². The number of hydrogen-bond acceptors (Lipinski definition) is 3. The highest BCUT2D eigenvalue weighted by Gasteiger charge is 2.22. The van der Waals surface area contributed by atoms with E-state index in [2.05, 4.69) is 5.32 Å². The Morgan fingerprint density at radius 2 is 1.72 bits per heavy atom. The Hall–Kier alpha value is -1.84. The van der Waals surface area contributed by atoms with E-state index in [-0.39, 0.29) is 5.78 Å². The fourth-order valence-electron chi connectivity index (χ4n) is 1.49. The highest BCUT2D eigenvalue weighted by Crippen LogP contribution is 2.15. The number of ketones is 1. The van der Waals surface area contributed by atoms with Crippen molar-refractivity contribution in [3.63, 3.8) is 0 Å². The second kappa shape index (κ2) is 5.67. The first-order valence-corrected chi connectivity index (χ1v) is 5.84. The third-order valence-electron chi connectivity index (χ3n) is 2.20.